The van der Waals surface area contributed by atoms with Crippen molar-refractivity contribution in [1.29, 1.82) is 5.26 Å². The lowest BCUT2D eigenvalue weighted by Gasteiger charge is -2.10. The Morgan fingerprint density at radius 3 is 2.58 bits per heavy atom. The van der Waals surface area contributed by atoms with Crippen molar-refractivity contribution in [3.05, 3.63) is 65.9 Å². The van der Waals surface area contributed by atoms with E-state index in [2.05, 4.69) is 44.9 Å². The average molecular weight is 316 g/mol. The second-order valence-corrected chi connectivity index (χ2v) is 5.12. The highest BCUT2D eigenvalue weighted by atomic mass is 15.3. The van der Waals surface area contributed by atoms with E-state index in [0.29, 0.717) is 17.3 Å². The molecule has 1 aromatic heterocycles. The number of anilines is 4. The van der Waals surface area contributed by atoms with Gasteiger partial charge in [-0.15, -0.1) is 5.10 Å². The van der Waals surface area contributed by atoms with E-state index in [0.717, 1.165) is 17.8 Å². The Hall–Kier alpha value is -3.46. The molecule has 0 unspecified atom stereocenters. The molecule has 0 radical (unpaired) electrons. The number of hydrogen-bond acceptors (Lipinski definition) is 6. The molecule has 0 saturated heterocycles. The molecule has 0 bridgehead atoms. The first-order valence-corrected chi connectivity index (χ1v) is 7.60. The van der Waals surface area contributed by atoms with Crippen molar-refractivity contribution >= 4 is 23.1 Å². The Kier molecular flexibility index (Phi) is 4.63. The Balaban J connectivity index is 1.77. The van der Waals surface area contributed by atoms with Crippen LogP contribution in [0.15, 0.2) is 54.7 Å². The van der Waals surface area contributed by atoms with Gasteiger partial charge in [0.25, 0.3) is 0 Å². The van der Waals surface area contributed by atoms with E-state index in [4.69, 9.17) is 5.26 Å². The fraction of sp³-hybridized carbons (Fsp3) is 0.111. The highest BCUT2D eigenvalue weighted by molar-refractivity contribution is 5.61. The van der Waals surface area contributed by atoms with Crippen LogP contribution >= 0.6 is 0 Å². The minimum Gasteiger partial charge on any atom is -0.339 e. The van der Waals surface area contributed by atoms with Crippen molar-refractivity contribution in [2.45, 2.75) is 13.3 Å². The van der Waals surface area contributed by atoms with Gasteiger partial charge >= 0.3 is 0 Å². The van der Waals surface area contributed by atoms with Gasteiger partial charge in [-0.05, 0) is 42.3 Å². The highest BCUT2D eigenvalue weighted by Gasteiger charge is 2.05. The van der Waals surface area contributed by atoms with Crippen LogP contribution in [-0.2, 0) is 6.42 Å². The average Bonchev–Trinajstić information content (AvgIpc) is 2.63. The molecule has 0 amide bonds. The zero-order valence-electron chi connectivity index (χ0n) is 13.2. The lowest BCUT2D eigenvalue weighted by atomic mass is 10.1. The second-order valence-electron chi connectivity index (χ2n) is 5.12. The minimum absolute atomic E-state index is 0.426. The van der Waals surface area contributed by atoms with Crippen molar-refractivity contribution in [2.75, 3.05) is 10.6 Å². The van der Waals surface area contributed by atoms with E-state index in [-0.39, 0.29) is 0 Å². The molecule has 0 aliphatic rings. The molecule has 6 nitrogen and oxygen atoms in total. The summed E-state index contributed by atoms with van der Waals surface area (Å²) >= 11 is 0. The fourth-order valence-corrected chi connectivity index (χ4v) is 2.26. The number of nitrogens with zero attached hydrogens (tertiary/aromatic N) is 4. The Bertz CT molecular complexity index is 867. The van der Waals surface area contributed by atoms with Gasteiger partial charge in [0.2, 0.25) is 5.95 Å². The van der Waals surface area contributed by atoms with E-state index in [9.17, 15) is 0 Å². The third-order valence-electron chi connectivity index (χ3n) is 3.49. The molecular weight excluding hydrogens is 300 g/mol. The third-order valence-corrected chi connectivity index (χ3v) is 3.49. The molecule has 0 atom stereocenters. The standard InChI is InChI=1S/C18H16N6/c1-2-14-5-3-4-6-16(14)22-18-23-17(12-20-24-18)21-15-9-7-13(11-19)8-10-15/h3-10,12H,2H2,1H3,(H2,21,22,23,24). The van der Waals surface area contributed by atoms with Gasteiger partial charge in [-0.1, -0.05) is 25.1 Å². The number of para-hydroxylation sites is 1. The van der Waals surface area contributed by atoms with Gasteiger partial charge < -0.3 is 10.6 Å². The predicted octanol–water partition coefficient (Wildman–Crippen LogP) is 3.79. The molecule has 0 saturated carbocycles. The van der Waals surface area contributed by atoms with Gasteiger partial charge in [-0.3, -0.25) is 0 Å². The van der Waals surface area contributed by atoms with E-state index < -0.39 is 0 Å². The summed E-state index contributed by atoms with van der Waals surface area (Å²) in [5.74, 6) is 1.00. The fourth-order valence-electron chi connectivity index (χ4n) is 2.26. The summed E-state index contributed by atoms with van der Waals surface area (Å²) in [6, 6.07) is 17.2. The summed E-state index contributed by atoms with van der Waals surface area (Å²) in [5.41, 5.74) is 3.60. The van der Waals surface area contributed by atoms with Crippen LogP contribution in [0.4, 0.5) is 23.1 Å². The molecule has 3 rings (SSSR count). The van der Waals surface area contributed by atoms with Gasteiger partial charge in [-0.2, -0.15) is 15.3 Å². The SMILES string of the molecule is CCc1ccccc1Nc1nncc(Nc2ccc(C#N)cc2)n1. The van der Waals surface area contributed by atoms with Crippen molar-refractivity contribution in [3.63, 3.8) is 0 Å². The molecule has 118 valence electrons. The number of nitrogens with one attached hydrogen (secondary N) is 2. The summed E-state index contributed by atoms with van der Waals surface area (Å²) in [4.78, 5) is 4.42. The van der Waals surface area contributed by atoms with Crippen molar-refractivity contribution in [2.24, 2.45) is 0 Å². The number of aromatic nitrogens is 3. The quantitative estimate of drug-likeness (QED) is 0.744. The summed E-state index contributed by atoms with van der Waals surface area (Å²) in [7, 11) is 0. The topological polar surface area (TPSA) is 86.5 Å². The zero-order chi connectivity index (χ0) is 16.8. The van der Waals surface area contributed by atoms with Crippen LogP contribution in [0.2, 0.25) is 0 Å². The lowest BCUT2D eigenvalue weighted by Crippen LogP contribution is -2.03. The van der Waals surface area contributed by atoms with E-state index >= 15 is 0 Å². The first kappa shape index (κ1) is 15.4. The molecule has 24 heavy (non-hydrogen) atoms. The molecule has 1 heterocycles. The normalized spacial score (nSPS) is 10.0. The van der Waals surface area contributed by atoms with Crippen LogP contribution in [-0.4, -0.2) is 15.2 Å². The maximum absolute atomic E-state index is 8.83. The van der Waals surface area contributed by atoms with E-state index in [1.165, 1.54) is 5.56 Å². The third kappa shape index (κ3) is 3.65. The number of benzene rings is 2. The molecule has 0 aliphatic heterocycles. The van der Waals surface area contributed by atoms with Crippen molar-refractivity contribution in [1.82, 2.24) is 15.2 Å². The Morgan fingerprint density at radius 1 is 1.04 bits per heavy atom. The Labute approximate surface area is 140 Å². The number of aryl methyl sites for hydroxylation is 1. The molecule has 0 aliphatic carbocycles. The molecule has 2 N–H and O–H groups in total. The summed E-state index contributed by atoms with van der Waals surface area (Å²) in [6.07, 6.45) is 2.47. The van der Waals surface area contributed by atoms with Crippen molar-refractivity contribution in [3.8, 4) is 6.07 Å². The van der Waals surface area contributed by atoms with Gasteiger partial charge in [-0.25, -0.2) is 0 Å². The maximum atomic E-state index is 8.83. The highest BCUT2D eigenvalue weighted by Crippen LogP contribution is 2.20. The van der Waals surface area contributed by atoms with Crippen LogP contribution < -0.4 is 10.6 Å². The molecule has 3 aromatic rings. The summed E-state index contributed by atoms with van der Waals surface area (Å²) in [6.45, 7) is 2.10. The number of nitriles is 1. The summed E-state index contributed by atoms with van der Waals surface area (Å²) in [5, 5.41) is 23.2. The van der Waals surface area contributed by atoms with Crippen LogP contribution in [0.1, 0.15) is 18.1 Å². The van der Waals surface area contributed by atoms with Crippen LogP contribution in [0.5, 0.6) is 0 Å². The van der Waals surface area contributed by atoms with Crippen LogP contribution in [0.25, 0.3) is 0 Å². The number of rotatable bonds is 5. The zero-order valence-corrected chi connectivity index (χ0v) is 13.2. The van der Waals surface area contributed by atoms with Crippen LogP contribution in [0.3, 0.4) is 0 Å². The number of hydrogen-bond donors (Lipinski definition) is 2. The molecule has 0 fully saturated rings. The Morgan fingerprint density at radius 2 is 1.83 bits per heavy atom. The second kappa shape index (κ2) is 7.20. The van der Waals surface area contributed by atoms with E-state index in [1.54, 1.807) is 18.3 Å². The first-order valence-electron chi connectivity index (χ1n) is 7.60. The van der Waals surface area contributed by atoms with E-state index in [1.807, 2.05) is 30.3 Å². The smallest absolute Gasteiger partial charge is 0.249 e. The largest absolute Gasteiger partial charge is 0.339 e. The lowest BCUT2D eigenvalue weighted by molar-refractivity contribution is 0.980. The minimum atomic E-state index is 0.426. The van der Waals surface area contributed by atoms with Gasteiger partial charge in [0, 0.05) is 11.4 Å². The molecule has 2 aromatic carbocycles. The molecule has 0 spiro atoms. The first-order chi connectivity index (χ1) is 11.8. The van der Waals surface area contributed by atoms with Crippen molar-refractivity contribution < 1.29 is 0 Å². The maximum Gasteiger partial charge on any atom is 0.249 e. The monoisotopic (exact) mass is 316 g/mol. The van der Waals surface area contributed by atoms with Crippen LogP contribution in [0, 0.1) is 11.3 Å². The molecule has 6 heteroatoms. The van der Waals surface area contributed by atoms with Gasteiger partial charge in [0.15, 0.2) is 5.82 Å². The van der Waals surface area contributed by atoms with Gasteiger partial charge in [0.1, 0.15) is 0 Å². The van der Waals surface area contributed by atoms with Gasteiger partial charge in [0.05, 0.1) is 17.8 Å². The molecular formula is C18H16N6. The predicted molar refractivity (Wildman–Crippen MR) is 93.4 cm³/mol. The summed E-state index contributed by atoms with van der Waals surface area (Å²) < 4.78 is 0.